The highest BCUT2D eigenvalue weighted by atomic mass is 16.7. The second kappa shape index (κ2) is 9.37. The first-order valence-electron chi connectivity index (χ1n) is 14.7. The molecule has 0 aromatic carbocycles. The van der Waals surface area contributed by atoms with Gasteiger partial charge in [0.15, 0.2) is 6.29 Å². The summed E-state index contributed by atoms with van der Waals surface area (Å²) in [5.74, 6) is 1.11. The first-order chi connectivity index (χ1) is 18.0. The van der Waals surface area contributed by atoms with E-state index in [9.17, 15) is 19.8 Å². The average molecular weight is 533 g/mol. The van der Waals surface area contributed by atoms with Gasteiger partial charge in [-0.1, -0.05) is 13.8 Å². The molecule has 5 fully saturated rings. The summed E-state index contributed by atoms with van der Waals surface area (Å²) < 4.78 is 22.8. The average Bonchev–Trinajstić information content (AvgIpc) is 3.30. The van der Waals surface area contributed by atoms with Gasteiger partial charge in [0.2, 0.25) is 0 Å². The fourth-order valence-electron chi connectivity index (χ4n) is 9.88. The number of rotatable bonds is 4. The maximum Gasteiger partial charge on any atom is 0.331 e. The molecule has 0 unspecified atom stereocenters. The van der Waals surface area contributed by atoms with E-state index in [-0.39, 0.29) is 28.8 Å². The lowest BCUT2D eigenvalue weighted by Crippen LogP contribution is -2.64. The van der Waals surface area contributed by atoms with Gasteiger partial charge in [0.05, 0.1) is 12.2 Å². The molecule has 12 atom stereocenters. The Bertz CT molecular complexity index is 1010. The van der Waals surface area contributed by atoms with Crippen molar-refractivity contribution in [3.8, 4) is 0 Å². The van der Waals surface area contributed by atoms with Gasteiger partial charge >= 0.3 is 5.97 Å². The largest absolute Gasteiger partial charge is 0.458 e. The minimum Gasteiger partial charge on any atom is -0.458 e. The molecule has 0 aromatic rings. The van der Waals surface area contributed by atoms with Crippen molar-refractivity contribution < 1.29 is 38.7 Å². The van der Waals surface area contributed by atoms with Crippen LogP contribution in [0.4, 0.5) is 0 Å². The van der Waals surface area contributed by atoms with Crippen LogP contribution in [0, 0.1) is 34.0 Å². The molecule has 8 heteroatoms. The molecule has 1 spiro atoms. The Kier molecular flexibility index (Phi) is 6.63. The summed E-state index contributed by atoms with van der Waals surface area (Å²) in [4.78, 5) is 26.2. The summed E-state index contributed by atoms with van der Waals surface area (Å²) in [5.41, 5.74) is 0.428. The van der Waals surface area contributed by atoms with Crippen LogP contribution < -0.4 is 0 Å². The number of Topliss-reactive ketones (excluding diaryl/α,β-unsaturated/α-hetero) is 1. The zero-order valence-electron chi connectivity index (χ0n) is 23.2. The normalized spacial score (nSPS) is 52.6. The molecule has 0 amide bonds. The Morgan fingerprint density at radius 1 is 1.00 bits per heavy atom. The van der Waals surface area contributed by atoms with E-state index in [0.29, 0.717) is 24.2 Å². The number of carbonyl (C=O) groups excluding carboxylic acids is 2. The van der Waals surface area contributed by atoms with Crippen LogP contribution in [-0.2, 0) is 28.5 Å². The number of cyclic esters (lactones) is 1. The van der Waals surface area contributed by atoms with Gasteiger partial charge in [-0.25, -0.2) is 4.79 Å². The Labute approximate surface area is 225 Å². The molecule has 2 bridgehead atoms. The number of aliphatic hydroxyl groups excluding tert-OH is 2. The topological polar surface area (TPSA) is 112 Å². The first-order valence-corrected chi connectivity index (χ1v) is 14.7. The van der Waals surface area contributed by atoms with Gasteiger partial charge in [-0.15, -0.1) is 0 Å². The van der Waals surface area contributed by atoms with Gasteiger partial charge in [-0.05, 0) is 93.5 Å². The Balaban J connectivity index is 1.17. The third-order valence-corrected chi connectivity index (χ3v) is 12.0. The number of aliphatic hydroxyl groups is 2. The maximum atomic E-state index is 14.4. The molecule has 0 radical (unpaired) electrons. The lowest BCUT2D eigenvalue weighted by atomic mass is 9.37. The van der Waals surface area contributed by atoms with Crippen molar-refractivity contribution in [2.75, 3.05) is 13.7 Å². The van der Waals surface area contributed by atoms with Gasteiger partial charge in [-0.2, -0.15) is 0 Å². The van der Waals surface area contributed by atoms with Crippen LogP contribution in [0.3, 0.4) is 0 Å². The number of carbonyl (C=O) groups is 2. The summed E-state index contributed by atoms with van der Waals surface area (Å²) in [6.07, 6.45) is 6.07. The highest BCUT2D eigenvalue weighted by Gasteiger charge is 2.67. The van der Waals surface area contributed by atoms with E-state index in [0.717, 1.165) is 63.4 Å². The van der Waals surface area contributed by atoms with Crippen LogP contribution >= 0.6 is 0 Å². The number of hydrogen-bond acceptors (Lipinski definition) is 8. The molecule has 0 aromatic heterocycles. The number of ketones is 1. The number of ether oxygens (including phenoxy) is 4. The maximum absolute atomic E-state index is 14.4. The van der Waals surface area contributed by atoms with E-state index in [1.807, 2.05) is 0 Å². The van der Waals surface area contributed by atoms with E-state index in [4.69, 9.17) is 18.9 Å². The van der Waals surface area contributed by atoms with Crippen LogP contribution in [-0.4, -0.2) is 72.5 Å². The van der Waals surface area contributed by atoms with Gasteiger partial charge in [-0.3, -0.25) is 4.79 Å². The molecule has 2 aliphatic heterocycles. The molecule has 38 heavy (non-hydrogen) atoms. The molecule has 212 valence electrons. The van der Waals surface area contributed by atoms with Crippen LogP contribution in [0.15, 0.2) is 11.6 Å². The summed E-state index contributed by atoms with van der Waals surface area (Å²) in [7, 11) is 1.48. The zero-order chi connectivity index (χ0) is 27.0. The number of hydrogen-bond donors (Lipinski definition) is 2. The standard InChI is InChI=1S/C30H44O8/c1-16-23(32)25(35-4)24(33)26(37-16)38-19-6-9-28(2)18(14-19)5-11-30-12-7-20(17-13-22(31)36-15-17)29(3,27(30)34)10-8-21(28)30/h13,16,18-21,23-26,32-33H,5-12,14-15H2,1-4H3/t16-,18+,19-,20+,21+,23-,24-,25+,26-,28-,29+,30+/m0/s1. The van der Waals surface area contributed by atoms with Crippen molar-refractivity contribution in [2.45, 2.75) is 115 Å². The second-order valence-electron chi connectivity index (χ2n) is 13.6. The van der Waals surface area contributed by atoms with Crippen molar-refractivity contribution in [1.29, 1.82) is 0 Å². The monoisotopic (exact) mass is 532 g/mol. The highest BCUT2D eigenvalue weighted by Crippen LogP contribution is 2.70. The van der Waals surface area contributed by atoms with Crippen LogP contribution in [0.5, 0.6) is 0 Å². The van der Waals surface area contributed by atoms with Crippen LogP contribution in [0.1, 0.15) is 78.6 Å². The summed E-state index contributed by atoms with van der Waals surface area (Å²) in [6, 6.07) is 0. The highest BCUT2D eigenvalue weighted by molar-refractivity contribution is 5.93. The lowest BCUT2D eigenvalue weighted by Gasteiger charge is -2.66. The van der Waals surface area contributed by atoms with Gasteiger partial charge in [0.25, 0.3) is 0 Å². The SMILES string of the molecule is CO[C@H]1[C@H](O)[C@H](O[C@H]2CC[C@@]3(C)[C@H](CC[C@@]45CC[C@H](C6=CC(=O)OC6)[C@@](C)(CC[C@@H]43)C5=O)C2)O[C@@H](C)[C@@H]1O. The van der Waals surface area contributed by atoms with Gasteiger partial charge in [0, 0.05) is 24.0 Å². The number of fused-ring (bicyclic) bond motifs is 3. The number of esters is 1. The molecule has 4 saturated carbocycles. The van der Waals surface area contributed by atoms with E-state index in [1.54, 1.807) is 13.0 Å². The minimum absolute atomic E-state index is 0.0335. The quantitative estimate of drug-likeness (QED) is 0.419. The van der Waals surface area contributed by atoms with Crippen LogP contribution in [0.2, 0.25) is 0 Å². The Hall–Kier alpha value is -1.32. The Morgan fingerprint density at radius 3 is 2.47 bits per heavy atom. The minimum atomic E-state index is -1.05. The fraction of sp³-hybridized carbons (Fsp3) is 0.867. The van der Waals surface area contributed by atoms with E-state index in [1.165, 1.54) is 7.11 Å². The predicted octanol–water partition coefficient (Wildman–Crippen LogP) is 3.32. The van der Waals surface area contributed by atoms with Crippen molar-refractivity contribution >= 4 is 11.8 Å². The van der Waals surface area contributed by atoms with E-state index < -0.39 is 36.1 Å². The lowest BCUT2D eigenvalue weighted by molar-refractivity contribution is -0.313. The van der Waals surface area contributed by atoms with Crippen molar-refractivity contribution in [3.05, 3.63) is 11.6 Å². The molecule has 1 saturated heterocycles. The van der Waals surface area contributed by atoms with E-state index in [2.05, 4.69) is 13.8 Å². The van der Waals surface area contributed by atoms with E-state index >= 15 is 0 Å². The molecule has 6 aliphatic rings. The van der Waals surface area contributed by atoms with Gasteiger partial charge < -0.3 is 29.2 Å². The molecule has 8 nitrogen and oxygen atoms in total. The molecule has 2 heterocycles. The number of methoxy groups -OCH3 is 1. The molecule has 6 rings (SSSR count). The third-order valence-electron chi connectivity index (χ3n) is 12.0. The van der Waals surface area contributed by atoms with Crippen LogP contribution in [0.25, 0.3) is 0 Å². The Morgan fingerprint density at radius 2 is 1.76 bits per heavy atom. The predicted molar refractivity (Wildman–Crippen MR) is 137 cm³/mol. The van der Waals surface area contributed by atoms with Gasteiger partial charge in [0.1, 0.15) is 30.7 Å². The second-order valence-corrected chi connectivity index (χ2v) is 13.6. The van der Waals surface area contributed by atoms with Crippen molar-refractivity contribution in [1.82, 2.24) is 0 Å². The molecule has 2 N–H and O–H groups in total. The molecular formula is C30H44O8. The third kappa shape index (κ3) is 3.80. The zero-order valence-corrected chi connectivity index (χ0v) is 23.2. The molecular weight excluding hydrogens is 488 g/mol. The first kappa shape index (κ1) is 26.9. The molecule has 4 aliphatic carbocycles. The smallest absolute Gasteiger partial charge is 0.331 e. The summed E-state index contributed by atoms with van der Waals surface area (Å²) in [5, 5.41) is 21.1. The van der Waals surface area contributed by atoms with Crippen molar-refractivity contribution in [3.63, 3.8) is 0 Å². The fourth-order valence-corrected chi connectivity index (χ4v) is 9.88. The summed E-state index contributed by atoms with van der Waals surface area (Å²) >= 11 is 0. The summed E-state index contributed by atoms with van der Waals surface area (Å²) in [6.45, 7) is 6.68. The van der Waals surface area contributed by atoms with Crippen molar-refractivity contribution in [2.24, 2.45) is 34.0 Å².